The zero-order valence-corrected chi connectivity index (χ0v) is 24.0. The molecule has 0 atom stereocenters. The predicted molar refractivity (Wildman–Crippen MR) is 159 cm³/mol. The van der Waals surface area contributed by atoms with Crippen molar-refractivity contribution in [1.82, 2.24) is 19.7 Å². The summed E-state index contributed by atoms with van der Waals surface area (Å²) in [5.41, 5.74) is 4.54. The SMILES string of the molecule is Cn1cc(-c2cn(C)c(=O)c3c(-c4ccccc4)c(-c4ccc(C5(NC(=O)OC(C)(C)C)CCC5)cc4)oc23)cn1. The molecule has 8 nitrogen and oxygen atoms in total. The van der Waals surface area contributed by atoms with Crippen LogP contribution in [-0.2, 0) is 24.4 Å². The molecular formula is C33H34N4O4. The van der Waals surface area contributed by atoms with Crippen LogP contribution in [0.15, 0.2) is 82.4 Å². The molecule has 2 aromatic carbocycles. The summed E-state index contributed by atoms with van der Waals surface area (Å²) in [4.78, 5) is 26.3. The predicted octanol–water partition coefficient (Wildman–Crippen LogP) is 6.77. The lowest BCUT2D eigenvalue weighted by Crippen LogP contribution is -2.52. The summed E-state index contributed by atoms with van der Waals surface area (Å²) < 4.78 is 15.5. The largest absolute Gasteiger partial charge is 0.454 e. The summed E-state index contributed by atoms with van der Waals surface area (Å²) >= 11 is 0. The number of ether oxygens (including phenoxy) is 1. The number of furan rings is 1. The van der Waals surface area contributed by atoms with Gasteiger partial charge in [0.25, 0.3) is 5.56 Å². The first-order chi connectivity index (χ1) is 19.5. The molecule has 6 rings (SSSR count). The number of rotatable bonds is 5. The Kier molecular flexibility index (Phi) is 6.36. The second-order valence-electron chi connectivity index (χ2n) is 11.9. The fourth-order valence-corrected chi connectivity index (χ4v) is 5.62. The van der Waals surface area contributed by atoms with E-state index in [9.17, 15) is 9.59 Å². The number of carbonyl (C=O) groups excluding carboxylic acids is 1. The van der Waals surface area contributed by atoms with E-state index >= 15 is 0 Å². The van der Waals surface area contributed by atoms with Crippen LogP contribution in [0.4, 0.5) is 4.79 Å². The number of nitrogens with one attached hydrogen (secondary N) is 1. The second kappa shape index (κ2) is 9.80. The highest BCUT2D eigenvalue weighted by atomic mass is 16.6. The lowest BCUT2D eigenvalue weighted by Gasteiger charge is -2.43. The topological polar surface area (TPSA) is 91.3 Å². The number of carbonyl (C=O) groups is 1. The molecule has 0 saturated heterocycles. The number of hydrogen-bond donors (Lipinski definition) is 1. The van der Waals surface area contributed by atoms with E-state index in [2.05, 4.69) is 10.4 Å². The Bertz CT molecular complexity index is 1800. The number of alkyl carbamates (subject to hydrolysis) is 1. The zero-order valence-electron chi connectivity index (χ0n) is 24.0. The number of fused-ring (bicyclic) bond motifs is 1. The molecule has 1 amide bonds. The van der Waals surface area contributed by atoms with E-state index in [-0.39, 0.29) is 5.56 Å². The molecule has 0 radical (unpaired) electrons. The Hall–Kier alpha value is -4.59. The van der Waals surface area contributed by atoms with Crippen LogP contribution < -0.4 is 10.9 Å². The molecule has 3 heterocycles. The lowest BCUT2D eigenvalue weighted by molar-refractivity contribution is 0.0377. The lowest BCUT2D eigenvalue weighted by atomic mass is 9.71. The molecule has 41 heavy (non-hydrogen) atoms. The van der Waals surface area contributed by atoms with Gasteiger partial charge in [0.15, 0.2) is 0 Å². The van der Waals surface area contributed by atoms with Crippen molar-refractivity contribution in [2.24, 2.45) is 14.1 Å². The summed E-state index contributed by atoms with van der Waals surface area (Å²) in [5.74, 6) is 0.619. The van der Waals surface area contributed by atoms with Gasteiger partial charge in [-0.15, -0.1) is 0 Å². The standard InChI is InChI=1S/C33H34N4O4/c1-32(2,3)41-31(39)35-33(16-9-17-33)24-14-12-22(13-15-24)28-26(21-10-7-6-8-11-21)27-29(40-28)25(20-36(4)30(27)38)23-18-34-37(5)19-23/h6-8,10-15,18-20H,9,16-17H2,1-5H3,(H,35,39). The first-order valence-corrected chi connectivity index (χ1v) is 13.9. The van der Waals surface area contributed by atoms with Crippen LogP contribution in [0.2, 0.25) is 0 Å². The third kappa shape index (κ3) is 4.84. The highest BCUT2D eigenvalue weighted by molar-refractivity contribution is 6.06. The maximum atomic E-state index is 13.6. The number of amides is 1. The fourth-order valence-electron chi connectivity index (χ4n) is 5.62. The van der Waals surface area contributed by atoms with Crippen molar-refractivity contribution in [2.75, 3.05) is 0 Å². The molecule has 0 spiro atoms. The van der Waals surface area contributed by atoms with Gasteiger partial charge in [-0.25, -0.2) is 4.79 Å². The van der Waals surface area contributed by atoms with Crippen molar-refractivity contribution in [3.63, 3.8) is 0 Å². The molecule has 1 saturated carbocycles. The van der Waals surface area contributed by atoms with Gasteiger partial charge in [0, 0.05) is 48.7 Å². The van der Waals surface area contributed by atoms with Gasteiger partial charge < -0.3 is 19.0 Å². The monoisotopic (exact) mass is 550 g/mol. The van der Waals surface area contributed by atoms with Crippen molar-refractivity contribution < 1.29 is 13.9 Å². The van der Waals surface area contributed by atoms with E-state index in [1.807, 2.05) is 88.6 Å². The van der Waals surface area contributed by atoms with Crippen LogP contribution in [0.3, 0.4) is 0 Å². The molecular weight excluding hydrogens is 516 g/mol. The molecule has 8 heteroatoms. The Balaban J connectivity index is 1.48. The molecule has 0 unspecified atom stereocenters. The van der Waals surface area contributed by atoms with Crippen LogP contribution in [0, 0.1) is 0 Å². The Morgan fingerprint density at radius 1 is 0.976 bits per heavy atom. The molecule has 0 aliphatic heterocycles. The highest BCUT2D eigenvalue weighted by Crippen LogP contribution is 2.45. The molecule has 1 aliphatic rings. The Morgan fingerprint density at radius 2 is 1.68 bits per heavy atom. The molecule has 210 valence electrons. The third-order valence-electron chi connectivity index (χ3n) is 7.74. The number of aryl methyl sites for hydroxylation is 2. The molecule has 5 aromatic rings. The summed E-state index contributed by atoms with van der Waals surface area (Å²) in [6, 6.07) is 17.9. The third-order valence-corrected chi connectivity index (χ3v) is 7.74. The zero-order chi connectivity index (χ0) is 28.9. The van der Waals surface area contributed by atoms with Crippen LogP contribution in [-0.4, -0.2) is 26.0 Å². The van der Waals surface area contributed by atoms with Crippen LogP contribution >= 0.6 is 0 Å². The summed E-state index contributed by atoms with van der Waals surface area (Å²) in [5, 5.41) is 7.99. The van der Waals surface area contributed by atoms with Crippen LogP contribution in [0.5, 0.6) is 0 Å². The minimum absolute atomic E-state index is 0.131. The number of benzene rings is 2. The average Bonchev–Trinajstić information content (AvgIpc) is 3.52. The summed E-state index contributed by atoms with van der Waals surface area (Å²) in [6.07, 6.45) is 7.78. The van der Waals surface area contributed by atoms with Gasteiger partial charge in [0.05, 0.1) is 17.1 Å². The van der Waals surface area contributed by atoms with Gasteiger partial charge in [0.2, 0.25) is 0 Å². The minimum atomic E-state index is -0.570. The van der Waals surface area contributed by atoms with Crippen molar-refractivity contribution in [2.45, 2.75) is 51.2 Å². The van der Waals surface area contributed by atoms with E-state index in [0.29, 0.717) is 16.7 Å². The summed E-state index contributed by atoms with van der Waals surface area (Å²) in [6.45, 7) is 5.58. The molecule has 0 bridgehead atoms. The molecule has 1 N–H and O–H groups in total. The smallest absolute Gasteiger partial charge is 0.408 e. The first-order valence-electron chi connectivity index (χ1n) is 13.9. The van der Waals surface area contributed by atoms with Gasteiger partial charge in [0.1, 0.15) is 16.9 Å². The van der Waals surface area contributed by atoms with Gasteiger partial charge in [-0.05, 0) is 51.2 Å². The van der Waals surface area contributed by atoms with Crippen LogP contribution in [0.1, 0.15) is 45.6 Å². The van der Waals surface area contributed by atoms with E-state index in [1.165, 1.54) is 0 Å². The average molecular weight is 551 g/mol. The van der Waals surface area contributed by atoms with Crippen LogP contribution in [0.25, 0.3) is 44.5 Å². The molecule has 1 fully saturated rings. The highest BCUT2D eigenvalue weighted by Gasteiger charge is 2.41. The fraction of sp³-hybridized carbons (Fsp3) is 0.303. The number of nitrogens with zero attached hydrogens (tertiary/aromatic N) is 3. The maximum Gasteiger partial charge on any atom is 0.408 e. The maximum absolute atomic E-state index is 13.6. The molecule has 3 aromatic heterocycles. The summed E-state index contributed by atoms with van der Waals surface area (Å²) in [7, 11) is 3.62. The Morgan fingerprint density at radius 3 is 2.27 bits per heavy atom. The van der Waals surface area contributed by atoms with E-state index < -0.39 is 17.2 Å². The van der Waals surface area contributed by atoms with Gasteiger partial charge in [-0.1, -0.05) is 54.6 Å². The number of pyridine rings is 1. The van der Waals surface area contributed by atoms with E-state index in [4.69, 9.17) is 9.15 Å². The van der Waals surface area contributed by atoms with Crippen molar-refractivity contribution in [3.8, 4) is 33.6 Å². The number of aromatic nitrogens is 3. The van der Waals surface area contributed by atoms with Gasteiger partial charge in [-0.2, -0.15) is 5.10 Å². The van der Waals surface area contributed by atoms with Crippen molar-refractivity contribution >= 4 is 17.1 Å². The second-order valence-corrected chi connectivity index (χ2v) is 11.9. The minimum Gasteiger partial charge on any atom is -0.454 e. The van der Waals surface area contributed by atoms with E-state index in [0.717, 1.165) is 52.6 Å². The van der Waals surface area contributed by atoms with Gasteiger partial charge in [-0.3, -0.25) is 9.48 Å². The number of hydrogen-bond acceptors (Lipinski definition) is 5. The van der Waals surface area contributed by atoms with Gasteiger partial charge >= 0.3 is 6.09 Å². The molecule has 1 aliphatic carbocycles. The normalized spacial score (nSPS) is 14.6. The van der Waals surface area contributed by atoms with E-state index in [1.54, 1.807) is 28.7 Å². The quantitative estimate of drug-likeness (QED) is 0.261. The van der Waals surface area contributed by atoms with Crippen molar-refractivity contribution in [3.05, 3.63) is 89.1 Å². The van der Waals surface area contributed by atoms with Crippen molar-refractivity contribution in [1.29, 1.82) is 0 Å². The first kappa shape index (κ1) is 26.6. The Labute approximate surface area is 238 Å².